The summed E-state index contributed by atoms with van der Waals surface area (Å²) in [6.45, 7) is 8.04. The molecular formula is C24H28N2O5. The van der Waals surface area contributed by atoms with Crippen LogP contribution < -0.4 is 4.74 Å². The zero-order chi connectivity index (χ0) is 22.7. The van der Waals surface area contributed by atoms with Crippen molar-refractivity contribution in [1.82, 2.24) is 9.88 Å². The summed E-state index contributed by atoms with van der Waals surface area (Å²) < 4.78 is 11.1. The third-order valence-electron chi connectivity index (χ3n) is 5.20. The van der Waals surface area contributed by atoms with Crippen LogP contribution in [0.2, 0.25) is 0 Å². The quantitative estimate of drug-likeness (QED) is 0.415. The molecule has 1 aromatic carbocycles. The molecule has 7 heteroatoms. The topological polar surface area (TPSA) is 89.0 Å². The Morgan fingerprint density at radius 3 is 2.61 bits per heavy atom. The number of aryl methyl sites for hydroxylation is 2. The molecule has 1 atom stereocenters. The van der Waals surface area contributed by atoms with Gasteiger partial charge in [0.25, 0.3) is 11.7 Å². The second-order valence-corrected chi connectivity index (χ2v) is 7.86. The fourth-order valence-corrected chi connectivity index (χ4v) is 3.93. The van der Waals surface area contributed by atoms with E-state index < -0.39 is 17.7 Å². The Bertz CT molecular complexity index is 1010. The van der Waals surface area contributed by atoms with Crippen LogP contribution >= 0.6 is 0 Å². The lowest BCUT2D eigenvalue weighted by Crippen LogP contribution is -2.33. The van der Waals surface area contributed by atoms with E-state index in [2.05, 4.69) is 4.98 Å². The number of hydrogen-bond acceptors (Lipinski definition) is 6. The fourth-order valence-electron chi connectivity index (χ4n) is 3.93. The molecular weight excluding hydrogens is 396 g/mol. The summed E-state index contributed by atoms with van der Waals surface area (Å²) in [6.07, 6.45) is 3.21. The third kappa shape index (κ3) is 4.46. The van der Waals surface area contributed by atoms with Gasteiger partial charge < -0.3 is 19.5 Å². The number of benzene rings is 1. The first-order valence-corrected chi connectivity index (χ1v) is 10.2. The predicted molar refractivity (Wildman–Crippen MR) is 117 cm³/mol. The van der Waals surface area contributed by atoms with Gasteiger partial charge >= 0.3 is 0 Å². The minimum Gasteiger partial charge on any atom is -0.507 e. The zero-order valence-electron chi connectivity index (χ0n) is 18.5. The number of ketones is 1. The minimum absolute atomic E-state index is 0.00630. The Morgan fingerprint density at radius 1 is 1.26 bits per heavy atom. The van der Waals surface area contributed by atoms with Crippen LogP contribution in [0.15, 0.2) is 42.2 Å². The van der Waals surface area contributed by atoms with Crippen molar-refractivity contribution in [2.75, 3.05) is 20.3 Å². The van der Waals surface area contributed by atoms with Gasteiger partial charge in [0.1, 0.15) is 11.5 Å². The SMILES string of the molecule is COc1c(C)cc(C)cc1/C(O)=C1\C(=O)C(=O)N(CCOC(C)C)C1c1cccnc1. The van der Waals surface area contributed by atoms with Gasteiger partial charge in [0.15, 0.2) is 0 Å². The fraction of sp³-hybridized carbons (Fsp3) is 0.375. The highest BCUT2D eigenvalue weighted by atomic mass is 16.5. The van der Waals surface area contributed by atoms with Gasteiger partial charge in [-0.1, -0.05) is 12.1 Å². The number of carbonyl (C=O) groups excluding carboxylic acids is 2. The second kappa shape index (κ2) is 9.31. The Labute approximate surface area is 182 Å². The Hall–Kier alpha value is -3.19. The molecule has 0 bridgehead atoms. The zero-order valence-corrected chi connectivity index (χ0v) is 18.5. The highest BCUT2D eigenvalue weighted by Gasteiger charge is 2.46. The molecule has 1 saturated heterocycles. The second-order valence-electron chi connectivity index (χ2n) is 7.86. The molecule has 1 aliphatic rings. The number of hydrogen-bond donors (Lipinski definition) is 1. The van der Waals surface area contributed by atoms with E-state index in [1.165, 1.54) is 12.0 Å². The molecule has 0 saturated carbocycles. The van der Waals surface area contributed by atoms with Gasteiger partial charge in [-0.2, -0.15) is 0 Å². The summed E-state index contributed by atoms with van der Waals surface area (Å²) in [5.41, 5.74) is 2.76. The van der Waals surface area contributed by atoms with Crippen molar-refractivity contribution in [2.45, 2.75) is 39.8 Å². The van der Waals surface area contributed by atoms with Crippen LogP contribution in [0.5, 0.6) is 5.75 Å². The van der Waals surface area contributed by atoms with E-state index in [9.17, 15) is 14.7 Å². The summed E-state index contributed by atoms with van der Waals surface area (Å²) in [7, 11) is 1.51. The first kappa shape index (κ1) is 22.5. The number of likely N-dealkylation sites (tertiary alicyclic amines) is 1. The standard InChI is InChI=1S/C24H28N2O5/c1-14(2)31-10-9-26-20(17-7-6-8-25-13-17)19(22(28)24(26)29)21(27)18-12-15(3)11-16(4)23(18)30-5/h6-8,11-14,20,27H,9-10H2,1-5H3/b21-19+. The van der Waals surface area contributed by atoms with Crippen LogP contribution in [-0.2, 0) is 14.3 Å². The number of Topliss-reactive ketones (excluding diaryl/α,β-unsaturated/α-hetero) is 1. The van der Waals surface area contributed by atoms with Gasteiger partial charge in [-0.25, -0.2) is 0 Å². The Morgan fingerprint density at radius 2 is 2.00 bits per heavy atom. The molecule has 0 aliphatic carbocycles. The number of methoxy groups -OCH3 is 1. The number of rotatable bonds is 7. The van der Waals surface area contributed by atoms with Crippen LogP contribution in [0, 0.1) is 13.8 Å². The molecule has 31 heavy (non-hydrogen) atoms. The van der Waals surface area contributed by atoms with Gasteiger partial charge in [-0.15, -0.1) is 0 Å². The maximum absolute atomic E-state index is 13.1. The summed E-state index contributed by atoms with van der Waals surface area (Å²) >= 11 is 0. The largest absolute Gasteiger partial charge is 0.507 e. The number of carbonyl (C=O) groups is 2. The first-order chi connectivity index (χ1) is 14.8. The Balaban J connectivity index is 2.17. The van der Waals surface area contributed by atoms with Gasteiger partial charge in [0.2, 0.25) is 0 Å². The van der Waals surface area contributed by atoms with Crippen LogP contribution in [-0.4, -0.2) is 53.0 Å². The number of aliphatic hydroxyl groups is 1. The molecule has 3 rings (SSSR count). The molecule has 1 aromatic heterocycles. The number of ether oxygens (including phenoxy) is 2. The van der Waals surface area contributed by atoms with E-state index in [1.54, 1.807) is 30.6 Å². The number of pyridine rings is 1. The molecule has 1 unspecified atom stereocenters. The van der Waals surface area contributed by atoms with Crippen molar-refractivity contribution < 1.29 is 24.2 Å². The van der Waals surface area contributed by atoms with Crippen LogP contribution in [0.25, 0.3) is 5.76 Å². The lowest BCUT2D eigenvalue weighted by atomic mass is 9.94. The summed E-state index contributed by atoms with van der Waals surface area (Å²) in [4.78, 5) is 31.6. The van der Waals surface area contributed by atoms with Gasteiger partial charge in [0.05, 0.1) is 37.0 Å². The highest BCUT2D eigenvalue weighted by Crippen LogP contribution is 2.41. The van der Waals surface area contributed by atoms with Gasteiger partial charge in [0, 0.05) is 18.9 Å². The number of nitrogens with zero attached hydrogens (tertiary/aromatic N) is 2. The van der Waals surface area contributed by atoms with Crippen LogP contribution in [0.1, 0.15) is 42.1 Å². The highest BCUT2D eigenvalue weighted by molar-refractivity contribution is 6.46. The monoisotopic (exact) mass is 424 g/mol. The lowest BCUT2D eigenvalue weighted by molar-refractivity contribution is -0.140. The summed E-state index contributed by atoms with van der Waals surface area (Å²) in [5, 5.41) is 11.3. The lowest BCUT2D eigenvalue weighted by Gasteiger charge is -2.25. The van der Waals surface area contributed by atoms with Crippen molar-refractivity contribution >= 4 is 17.4 Å². The smallest absolute Gasteiger partial charge is 0.295 e. The van der Waals surface area contributed by atoms with Crippen molar-refractivity contribution in [1.29, 1.82) is 0 Å². The molecule has 1 N–H and O–H groups in total. The predicted octanol–water partition coefficient (Wildman–Crippen LogP) is 3.55. The van der Waals surface area contributed by atoms with E-state index in [0.717, 1.165) is 11.1 Å². The maximum atomic E-state index is 13.1. The van der Waals surface area contributed by atoms with E-state index in [1.807, 2.05) is 33.8 Å². The third-order valence-corrected chi connectivity index (χ3v) is 5.20. The number of amides is 1. The van der Waals surface area contributed by atoms with E-state index in [4.69, 9.17) is 9.47 Å². The van der Waals surface area contributed by atoms with Gasteiger partial charge in [-0.05, 0) is 56.5 Å². The van der Waals surface area contributed by atoms with Crippen LogP contribution in [0.4, 0.5) is 0 Å². The van der Waals surface area contributed by atoms with Crippen molar-refractivity contribution in [3.8, 4) is 5.75 Å². The van der Waals surface area contributed by atoms with Crippen molar-refractivity contribution in [3.63, 3.8) is 0 Å². The maximum Gasteiger partial charge on any atom is 0.295 e. The summed E-state index contributed by atoms with van der Waals surface area (Å²) in [6, 6.07) is 6.42. The van der Waals surface area contributed by atoms with E-state index in [0.29, 0.717) is 16.9 Å². The molecule has 7 nitrogen and oxygen atoms in total. The number of aliphatic hydroxyl groups excluding tert-OH is 1. The molecule has 1 aliphatic heterocycles. The average molecular weight is 424 g/mol. The molecule has 164 valence electrons. The van der Waals surface area contributed by atoms with Crippen LogP contribution in [0.3, 0.4) is 0 Å². The normalized spacial score (nSPS) is 18.1. The van der Waals surface area contributed by atoms with E-state index >= 15 is 0 Å². The molecule has 1 amide bonds. The molecule has 1 fully saturated rings. The average Bonchev–Trinajstić information content (AvgIpc) is 2.98. The molecule has 0 spiro atoms. The Kier molecular flexibility index (Phi) is 6.75. The van der Waals surface area contributed by atoms with Crippen molar-refractivity contribution in [2.24, 2.45) is 0 Å². The van der Waals surface area contributed by atoms with Gasteiger partial charge in [-0.3, -0.25) is 14.6 Å². The molecule has 2 aromatic rings. The number of aromatic nitrogens is 1. The van der Waals surface area contributed by atoms with Crippen molar-refractivity contribution in [3.05, 3.63) is 64.5 Å². The van der Waals surface area contributed by atoms with E-state index in [-0.39, 0.29) is 30.6 Å². The minimum atomic E-state index is -0.769. The summed E-state index contributed by atoms with van der Waals surface area (Å²) in [5.74, 6) is -1.21. The first-order valence-electron chi connectivity index (χ1n) is 10.2. The molecule has 0 radical (unpaired) electrons. The molecule has 2 heterocycles.